The Labute approximate surface area is 110 Å². The maximum Gasteiger partial charge on any atom is 0.288 e. The number of thioether (sulfide) groups is 1. The molecule has 1 aromatic rings. The molecule has 96 valence electrons. The number of imide groups is 1. The average molecular weight is 265 g/mol. The second kappa shape index (κ2) is 5.86. The maximum atomic E-state index is 11.7. The summed E-state index contributed by atoms with van der Waals surface area (Å²) in [4.78, 5) is 28.8. The number of rotatable bonds is 4. The fourth-order valence-electron chi connectivity index (χ4n) is 1.73. The zero-order chi connectivity index (χ0) is 13.0. The van der Waals surface area contributed by atoms with Crippen LogP contribution in [0.15, 0.2) is 18.3 Å². The summed E-state index contributed by atoms with van der Waals surface area (Å²) in [6.45, 7) is 3.08. The topological polar surface area (TPSA) is 62.3 Å². The molecule has 0 atom stereocenters. The molecule has 0 spiro atoms. The second-order valence-electron chi connectivity index (χ2n) is 3.91. The molecule has 2 rings (SSSR count). The third-order valence-corrected chi connectivity index (χ3v) is 3.46. The number of aromatic nitrogens is 1. The van der Waals surface area contributed by atoms with E-state index in [1.54, 1.807) is 6.20 Å². The van der Waals surface area contributed by atoms with Crippen molar-refractivity contribution in [3.8, 4) is 0 Å². The molecular weight excluding hydrogens is 250 g/mol. The summed E-state index contributed by atoms with van der Waals surface area (Å²) in [5.41, 5.74) is 1.67. The van der Waals surface area contributed by atoms with Gasteiger partial charge in [-0.2, -0.15) is 0 Å². The normalized spacial score (nSPS) is 15.9. The predicted molar refractivity (Wildman–Crippen MR) is 71.4 cm³/mol. The van der Waals surface area contributed by atoms with Crippen LogP contribution >= 0.6 is 11.8 Å². The summed E-state index contributed by atoms with van der Waals surface area (Å²) in [6, 6.07) is 3.73. The summed E-state index contributed by atoms with van der Waals surface area (Å²) < 4.78 is 0. The maximum absolute atomic E-state index is 11.7. The number of carbonyl (C=O) groups excluding carboxylic acids is 2. The fourth-order valence-corrected chi connectivity index (χ4v) is 2.51. The van der Waals surface area contributed by atoms with Crippen molar-refractivity contribution in [3.05, 3.63) is 24.0 Å². The quantitative estimate of drug-likeness (QED) is 0.903. The lowest BCUT2D eigenvalue weighted by Gasteiger charge is -2.23. The summed E-state index contributed by atoms with van der Waals surface area (Å²) in [6.07, 6.45) is 2.10. The SMILES string of the molecule is CCNc1ccnc(CN2C(=O)CCSC2=O)c1. The van der Waals surface area contributed by atoms with Crippen LogP contribution in [0.5, 0.6) is 0 Å². The van der Waals surface area contributed by atoms with Crippen molar-refractivity contribution < 1.29 is 9.59 Å². The largest absolute Gasteiger partial charge is 0.385 e. The minimum Gasteiger partial charge on any atom is -0.385 e. The van der Waals surface area contributed by atoms with Gasteiger partial charge in [-0.3, -0.25) is 19.5 Å². The average Bonchev–Trinajstić information content (AvgIpc) is 2.35. The lowest BCUT2D eigenvalue weighted by Crippen LogP contribution is -2.37. The molecule has 2 amide bonds. The molecule has 5 nitrogen and oxygen atoms in total. The van der Waals surface area contributed by atoms with Crippen molar-refractivity contribution in [2.24, 2.45) is 0 Å². The van der Waals surface area contributed by atoms with Gasteiger partial charge in [-0.05, 0) is 19.1 Å². The van der Waals surface area contributed by atoms with E-state index < -0.39 is 0 Å². The van der Waals surface area contributed by atoms with Crippen LogP contribution in [-0.2, 0) is 11.3 Å². The lowest BCUT2D eigenvalue weighted by atomic mass is 10.3. The zero-order valence-corrected chi connectivity index (χ0v) is 11.0. The van der Waals surface area contributed by atoms with Crippen LogP contribution in [0.1, 0.15) is 19.0 Å². The van der Waals surface area contributed by atoms with Crippen LogP contribution in [0.25, 0.3) is 0 Å². The van der Waals surface area contributed by atoms with Gasteiger partial charge < -0.3 is 5.32 Å². The zero-order valence-electron chi connectivity index (χ0n) is 10.2. The highest BCUT2D eigenvalue weighted by Crippen LogP contribution is 2.20. The van der Waals surface area contributed by atoms with E-state index in [-0.39, 0.29) is 17.7 Å². The van der Waals surface area contributed by atoms with Crippen LogP contribution in [0, 0.1) is 0 Å². The Kier molecular flexibility index (Phi) is 4.19. The molecule has 1 aliphatic heterocycles. The number of nitrogens with zero attached hydrogens (tertiary/aromatic N) is 2. The van der Waals surface area contributed by atoms with Crippen LogP contribution in [0.2, 0.25) is 0 Å². The third-order valence-electron chi connectivity index (χ3n) is 2.58. The molecular formula is C12H15N3O2S. The number of anilines is 1. The van der Waals surface area contributed by atoms with Gasteiger partial charge in [-0.15, -0.1) is 0 Å². The van der Waals surface area contributed by atoms with Crippen LogP contribution in [-0.4, -0.2) is 33.3 Å². The van der Waals surface area contributed by atoms with Crippen molar-refractivity contribution in [2.45, 2.75) is 19.9 Å². The number of hydrogen-bond donors (Lipinski definition) is 1. The minimum atomic E-state index is -0.179. The molecule has 1 aromatic heterocycles. The van der Waals surface area contributed by atoms with Gasteiger partial charge in [0.2, 0.25) is 5.91 Å². The molecule has 0 radical (unpaired) electrons. The molecule has 1 N–H and O–H groups in total. The molecule has 0 aliphatic carbocycles. The molecule has 18 heavy (non-hydrogen) atoms. The van der Waals surface area contributed by atoms with E-state index in [1.807, 2.05) is 19.1 Å². The summed E-state index contributed by atoms with van der Waals surface area (Å²) in [5.74, 6) is 0.466. The summed E-state index contributed by atoms with van der Waals surface area (Å²) in [7, 11) is 0. The first-order chi connectivity index (χ1) is 8.70. The monoisotopic (exact) mass is 265 g/mol. The number of amides is 2. The highest BCUT2D eigenvalue weighted by atomic mass is 32.2. The second-order valence-corrected chi connectivity index (χ2v) is 4.96. The first-order valence-corrected chi connectivity index (χ1v) is 6.85. The van der Waals surface area contributed by atoms with Gasteiger partial charge in [0.1, 0.15) is 0 Å². The van der Waals surface area contributed by atoms with Crippen molar-refractivity contribution in [3.63, 3.8) is 0 Å². The Morgan fingerprint density at radius 1 is 1.50 bits per heavy atom. The highest BCUT2D eigenvalue weighted by molar-refractivity contribution is 8.13. The first-order valence-electron chi connectivity index (χ1n) is 5.86. The van der Waals surface area contributed by atoms with Gasteiger partial charge in [0.25, 0.3) is 5.24 Å². The standard InChI is InChI=1S/C12H15N3O2S/c1-2-13-9-3-5-14-10(7-9)8-15-11(16)4-6-18-12(15)17/h3,5,7H,2,4,6,8H2,1H3,(H,13,14). The van der Waals surface area contributed by atoms with E-state index in [4.69, 9.17) is 0 Å². The van der Waals surface area contributed by atoms with Gasteiger partial charge in [-0.1, -0.05) is 11.8 Å². The van der Waals surface area contributed by atoms with Gasteiger partial charge in [0.15, 0.2) is 0 Å². The summed E-state index contributed by atoms with van der Waals surface area (Å²) in [5, 5.41) is 3.00. The van der Waals surface area contributed by atoms with Crippen LogP contribution in [0.4, 0.5) is 10.5 Å². The van der Waals surface area contributed by atoms with E-state index in [0.29, 0.717) is 12.2 Å². The molecule has 0 bridgehead atoms. The van der Waals surface area contributed by atoms with E-state index in [1.165, 1.54) is 16.7 Å². The van der Waals surface area contributed by atoms with E-state index in [9.17, 15) is 9.59 Å². The fraction of sp³-hybridized carbons (Fsp3) is 0.417. The lowest BCUT2D eigenvalue weighted by molar-refractivity contribution is -0.128. The Bertz CT molecular complexity index is 448. The smallest absolute Gasteiger partial charge is 0.288 e. The van der Waals surface area contributed by atoms with Crippen LogP contribution in [0.3, 0.4) is 0 Å². The molecule has 1 saturated heterocycles. The Hall–Kier alpha value is -1.56. The molecule has 0 saturated carbocycles. The third kappa shape index (κ3) is 3.01. The molecule has 0 aromatic carbocycles. The molecule has 1 fully saturated rings. The molecule has 1 aliphatic rings. The van der Waals surface area contributed by atoms with Crippen molar-refractivity contribution in [1.82, 2.24) is 9.88 Å². The summed E-state index contributed by atoms with van der Waals surface area (Å²) >= 11 is 1.19. The van der Waals surface area contributed by atoms with E-state index >= 15 is 0 Å². The number of hydrogen-bond acceptors (Lipinski definition) is 5. The first kappa shape index (κ1) is 12.9. The van der Waals surface area contributed by atoms with Gasteiger partial charge in [-0.25, -0.2) is 0 Å². The molecule has 2 heterocycles. The highest BCUT2D eigenvalue weighted by Gasteiger charge is 2.26. The van der Waals surface area contributed by atoms with Crippen LogP contribution < -0.4 is 5.32 Å². The predicted octanol–water partition coefficient (Wildman–Crippen LogP) is 2.10. The number of carbonyl (C=O) groups is 2. The van der Waals surface area contributed by atoms with E-state index in [2.05, 4.69) is 10.3 Å². The number of pyridine rings is 1. The Morgan fingerprint density at radius 2 is 2.33 bits per heavy atom. The van der Waals surface area contributed by atoms with E-state index in [0.717, 1.165) is 17.9 Å². The van der Waals surface area contributed by atoms with Gasteiger partial charge in [0.05, 0.1) is 12.2 Å². The van der Waals surface area contributed by atoms with Gasteiger partial charge >= 0.3 is 0 Å². The molecule has 6 heteroatoms. The number of nitrogens with one attached hydrogen (secondary N) is 1. The Morgan fingerprint density at radius 3 is 3.06 bits per heavy atom. The van der Waals surface area contributed by atoms with Crippen molar-refractivity contribution in [1.29, 1.82) is 0 Å². The Balaban J connectivity index is 2.10. The van der Waals surface area contributed by atoms with Crippen molar-refractivity contribution >= 4 is 28.6 Å². The van der Waals surface area contributed by atoms with Gasteiger partial charge in [0, 0.05) is 30.6 Å². The molecule has 0 unspecified atom stereocenters. The minimum absolute atomic E-state index is 0.116. The van der Waals surface area contributed by atoms with Crippen molar-refractivity contribution in [2.75, 3.05) is 17.6 Å².